The summed E-state index contributed by atoms with van der Waals surface area (Å²) < 4.78 is 0. The normalized spacial score (nSPS) is 36.0. The summed E-state index contributed by atoms with van der Waals surface area (Å²) in [6.07, 6.45) is 3.15. The van der Waals surface area contributed by atoms with Crippen molar-refractivity contribution in [1.29, 1.82) is 0 Å². The van der Waals surface area contributed by atoms with Crippen molar-refractivity contribution in [3.05, 3.63) is 0 Å². The minimum absolute atomic E-state index is 0.304. The first-order chi connectivity index (χ1) is 5.79. The van der Waals surface area contributed by atoms with Crippen LogP contribution in [0.2, 0.25) is 0 Å². The number of hydrogen-bond donors (Lipinski definition) is 1. The lowest BCUT2D eigenvalue weighted by Crippen LogP contribution is -2.24. The molecular formula is C12H24O. The van der Waals surface area contributed by atoms with E-state index in [2.05, 4.69) is 34.6 Å². The molecule has 1 saturated carbocycles. The third-order valence-electron chi connectivity index (χ3n) is 3.83. The summed E-state index contributed by atoms with van der Waals surface area (Å²) in [7, 11) is 0. The zero-order chi connectivity index (χ0) is 10.3. The Morgan fingerprint density at radius 3 is 2.31 bits per heavy atom. The van der Waals surface area contributed by atoms with Crippen LogP contribution in [0.4, 0.5) is 0 Å². The van der Waals surface area contributed by atoms with E-state index in [1.807, 2.05) is 0 Å². The molecule has 0 amide bonds. The van der Waals surface area contributed by atoms with Gasteiger partial charge in [-0.05, 0) is 30.1 Å². The van der Waals surface area contributed by atoms with Crippen LogP contribution in [-0.4, -0.2) is 10.7 Å². The standard InChI is InChI=1S/C12H24O/c1-6-10-8-12(10,13)7-9(2)11(3,4)5/h9-10,13H,6-8H2,1-5H3. The summed E-state index contributed by atoms with van der Waals surface area (Å²) >= 11 is 0. The molecule has 1 heteroatoms. The van der Waals surface area contributed by atoms with Gasteiger partial charge in [0.15, 0.2) is 0 Å². The van der Waals surface area contributed by atoms with Gasteiger partial charge in [0.2, 0.25) is 0 Å². The first-order valence-corrected chi connectivity index (χ1v) is 5.52. The van der Waals surface area contributed by atoms with Gasteiger partial charge in [0.1, 0.15) is 0 Å². The molecule has 0 spiro atoms. The van der Waals surface area contributed by atoms with Gasteiger partial charge in [0, 0.05) is 0 Å². The van der Waals surface area contributed by atoms with Crippen molar-refractivity contribution < 1.29 is 5.11 Å². The van der Waals surface area contributed by atoms with Crippen molar-refractivity contribution in [2.75, 3.05) is 0 Å². The summed E-state index contributed by atoms with van der Waals surface area (Å²) in [6, 6.07) is 0. The summed E-state index contributed by atoms with van der Waals surface area (Å²) in [5, 5.41) is 10.1. The molecule has 3 unspecified atom stereocenters. The molecule has 0 aromatic carbocycles. The molecule has 1 N–H and O–H groups in total. The molecule has 78 valence electrons. The first-order valence-electron chi connectivity index (χ1n) is 5.52. The Labute approximate surface area is 82.5 Å². The predicted octanol–water partition coefficient (Wildman–Crippen LogP) is 3.22. The van der Waals surface area contributed by atoms with Crippen LogP contribution < -0.4 is 0 Å². The number of aliphatic hydroxyl groups is 1. The molecule has 0 bridgehead atoms. The molecule has 13 heavy (non-hydrogen) atoms. The summed E-state index contributed by atoms with van der Waals surface area (Å²) in [5.41, 5.74) is 0.0259. The van der Waals surface area contributed by atoms with Crippen LogP contribution in [0.5, 0.6) is 0 Å². The largest absolute Gasteiger partial charge is 0.390 e. The predicted molar refractivity (Wildman–Crippen MR) is 56.6 cm³/mol. The lowest BCUT2D eigenvalue weighted by atomic mass is 9.78. The van der Waals surface area contributed by atoms with Gasteiger partial charge in [-0.1, -0.05) is 41.0 Å². The smallest absolute Gasteiger partial charge is 0.0683 e. The zero-order valence-electron chi connectivity index (χ0n) is 9.72. The first kappa shape index (κ1) is 11.0. The second-order valence-electron chi connectivity index (χ2n) is 5.88. The lowest BCUT2D eigenvalue weighted by Gasteiger charge is -2.29. The molecule has 0 aliphatic heterocycles. The van der Waals surface area contributed by atoms with Crippen LogP contribution >= 0.6 is 0 Å². The van der Waals surface area contributed by atoms with Crippen molar-refractivity contribution in [2.45, 2.75) is 59.5 Å². The Morgan fingerprint density at radius 2 is 2.00 bits per heavy atom. The lowest BCUT2D eigenvalue weighted by molar-refractivity contribution is 0.0748. The van der Waals surface area contributed by atoms with E-state index in [9.17, 15) is 5.11 Å². The van der Waals surface area contributed by atoms with Crippen LogP contribution in [0, 0.1) is 17.3 Å². The van der Waals surface area contributed by atoms with E-state index in [0.29, 0.717) is 17.3 Å². The van der Waals surface area contributed by atoms with E-state index < -0.39 is 0 Å². The van der Waals surface area contributed by atoms with Crippen molar-refractivity contribution in [2.24, 2.45) is 17.3 Å². The molecular weight excluding hydrogens is 160 g/mol. The Balaban J connectivity index is 2.42. The molecule has 1 fully saturated rings. The van der Waals surface area contributed by atoms with E-state index in [1.54, 1.807) is 0 Å². The zero-order valence-corrected chi connectivity index (χ0v) is 9.72. The molecule has 0 aromatic rings. The topological polar surface area (TPSA) is 20.2 Å². The highest BCUT2D eigenvalue weighted by molar-refractivity contribution is 5.03. The summed E-state index contributed by atoms with van der Waals surface area (Å²) in [4.78, 5) is 0. The second-order valence-corrected chi connectivity index (χ2v) is 5.88. The highest BCUT2D eigenvalue weighted by Gasteiger charge is 2.52. The van der Waals surface area contributed by atoms with Crippen LogP contribution in [0.3, 0.4) is 0 Å². The third-order valence-corrected chi connectivity index (χ3v) is 3.83. The molecule has 0 aromatic heterocycles. The second kappa shape index (κ2) is 3.27. The monoisotopic (exact) mass is 184 g/mol. The maximum atomic E-state index is 10.1. The fraction of sp³-hybridized carbons (Fsp3) is 1.00. The van der Waals surface area contributed by atoms with E-state index in [1.165, 1.54) is 0 Å². The number of rotatable bonds is 3. The van der Waals surface area contributed by atoms with Gasteiger partial charge in [-0.3, -0.25) is 0 Å². The molecule has 1 rings (SSSR count). The van der Waals surface area contributed by atoms with Crippen molar-refractivity contribution in [1.82, 2.24) is 0 Å². The number of hydrogen-bond acceptors (Lipinski definition) is 1. The van der Waals surface area contributed by atoms with Crippen LogP contribution in [0.1, 0.15) is 53.9 Å². The molecule has 1 aliphatic carbocycles. The molecule has 3 atom stereocenters. The average molecular weight is 184 g/mol. The molecule has 0 radical (unpaired) electrons. The minimum Gasteiger partial charge on any atom is -0.390 e. The Morgan fingerprint density at radius 1 is 1.46 bits per heavy atom. The van der Waals surface area contributed by atoms with Crippen LogP contribution in [0.15, 0.2) is 0 Å². The van der Waals surface area contributed by atoms with Gasteiger partial charge in [-0.25, -0.2) is 0 Å². The van der Waals surface area contributed by atoms with Crippen molar-refractivity contribution in [3.8, 4) is 0 Å². The van der Waals surface area contributed by atoms with Crippen LogP contribution in [0.25, 0.3) is 0 Å². The average Bonchev–Trinajstić information content (AvgIpc) is 2.59. The fourth-order valence-corrected chi connectivity index (χ4v) is 1.98. The molecule has 1 nitrogen and oxygen atoms in total. The Bertz CT molecular complexity index is 180. The minimum atomic E-state index is -0.304. The van der Waals surface area contributed by atoms with Gasteiger partial charge in [-0.2, -0.15) is 0 Å². The van der Waals surface area contributed by atoms with Gasteiger partial charge >= 0.3 is 0 Å². The Hall–Kier alpha value is -0.0400. The van der Waals surface area contributed by atoms with Crippen molar-refractivity contribution in [3.63, 3.8) is 0 Å². The van der Waals surface area contributed by atoms with Gasteiger partial charge in [-0.15, -0.1) is 0 Å². The molecule has 0 saturated heterocycles. The Kier molecular flexibility index (Phi) is 2.78. The maximum Gasteiger partial charge on any atom is 0.0683 e. The van der Waals surface area contributed by atoms with E-state index in [4.69, 9.17) is 0 Å². The van der Waals surface area contributed by atoms with Gasteiger partial charge < -0.3 is 5.11 Å². The van der Waals surface area contributed by atoms with E-state index >= 15 is 0 Å². The highest BCUT2D eigenvalue weighted by Crippen LogP contribution is 2.51. The summed E-state index contributed by atoms with van der Waals surface area (Å²) in [5.74, 6) is 1.19. The molecule has 0 heterocycles. The summed E-state index contributed by atoms with van der Waals surface area (Å²) in [6.45, 7) is 11.2. The van der Waals surface area contributed by atoms with E-state index in [-0.39, 0.29) is 5.60 Å². The van der Waals surface area contributed by atoms with Gasteiger partial charge in [0.05, 0.1) is 5.60 Å². The van der Waals surface area contributed by atoms with Gasteiger partial charge in [0.25, 0.3) is 0 Å². The maximum absolute atomic E-state index is 10.1. The quantitative estimate of drug-likeness (QED) is 0.714. The fourth-order valence-electron chi connectivity index (χ4n) is 1.98. The third kappa shape index (κ3) is 2.46. The van der Waals surface area contributed by atoms with Crippen molar-refractivity contribution >= 4 is 0 Å². The highest BCUT2D eigenvalue weighted by atomic mass is 16.3. The van der Waals surface area contributed by atoms with E-state index in [0.717, 1.165) is 19.3 Å². The molecule has 1 aliphatic rings. The SMILES string of the molecule is CCC1CC1(O)CC(C)C(C)(C)C. The van der Waals surface area contributed by atoms with Crippen LogP contribution in [-0.2, 0) is 0 Å².